The third kappa shape index (κ3) is 10.9. The van der Waals surface area contributed by atoms with Crippen LogP contribution < -0.4 is 0 Å². The van der Waals surface area contributed by atoms with E-state index in [1.165, 1.54) is 36.8 Å². The lowest BCUT2D eigenvalue weighted by Crippen LogP contribution is -2.32. The summed E-state index contributed by atoms with van der Waals surface area (Å²) in [4.78, 5) is 31.3. The van der Waals surface area contributed by atoms with Crippen molar-refractivity contribution in [1.29, 1.82) is 0 Å². The monoisotopic (exact) mass is 522 g/mol. The Morgan fingerprint density at radius 1 is 0.895 bits per heavy atom. The number of unbranched alkanes of at least 4 members (excludes halogenated alkanes) is 1. The first kappa shape index (κ1) is 29.7. The highest BCUT2D eigenvalue weighted by atomic mass is 16.5. The number of aliphatic imine (C=N–C) groups is 1. The number of hydrogen-bond acceptors (Lipinski definition) is 7. The SMILES string of the molecule is CCCN(CCC)CCCCN(CC(=O)OC)Cc1ccc(CN(CC2=NC=CC2)Cc2ncc[nH]2)cc1. The minimum atomic E-state index is -0.182. The van der Waals surface area contributed by atoms with Crippen LogP contribution in [-0.4, -0.2) is 82.7 Å². The molecule has 0 saturated carbocycles. The number of rotatable bonds is 19. The molecule has 38 heavy (non-hydrogen) atoms. The van der Waals surface area contributed by atoms with Crippen molar-refractivity contribution in [3.05, 3.63) is 65.9 Å². The fourth-order valence-corrected chi connectivity index (χ4v) is 4.89. The number of nitrogens with one attached hydrogen (secondary N) is 1. The minimum Gasteiger partial charge on any atom is -0.468 e. The van der Waals surface area contributed by atoms with Crippen LogP contribution in [0.5, 0.6) is 0 Å². The lowest BCUT2D eigenvalue weighted by molar-refractivity contribution is -0.142. The average molecular weight is 523 g/mol. The zero-order valence-electron chi connectivity index (χ0n) is 23.6. The molecule has 1 aromatic heterocycles. The van der Waals surface area contributed by atoms with E-state index in [0.29, 0.717) is 6.54 Å². The fourth-order valence-electron chi connectivity index (χ4n) is 4.89. The highest BCUT2D eigenvalue weighted by molar-refractivity contribution is 5.89. The number of ether oxygens (including phenoxy) is 1. The van der Waals surface area contributed by atoms with Crippen LogP contribution in [0.3, 0.4) is 0 Å². The molecule has 3 rings (SSSR count). The topological polar surface area (TPSA) is 77.1 Å². The Morgan fingerprint density at radius 2 is 1.55 bits per heavy atom. The second kappa shape index (κ2) is 16.9. The number of esters is 1. The maximum atomic E-state index is 12.1. The molecule has 1 aliphatic rings. The van der Waals surface area contributed by atoms with E-state index in [1.54, 1.807) is 6.20 Å². The molecular formula is C30H46N6O2. The molecule has 0 atom stereocenters. The van der Waals surface area contributed by atoms with Crippen LogP contribution in [0.25, 0.3) is 0 Å². The molecule has 2 aromatic rings. The predicted molar refractivity (Wildman–Crippen MR) is 154 cm³/mol. The lowest BCUT2D eigenvalue weighted by atomic mass is 10.1. The van der Waals surface area contributed by atoms with Crippen molar-refractivity contribution in [3.8, 4) is 0 Å². The minimum absolute atomic E-state index is 0.182. The molecule has 0 fully saturated rings. The van der Waals surface area contributed by atoms with Crippen molar-refractivity contribution < 1.29 is 9.53 Å². The summed E-state index contributed by atoms with van der Waals surface area (Å²) in [7, 11) is 1.46. The van der Waals surface area contributed by atoms with Gasteiger partial charge in [-0.1, -0.05) is 44.2 Å². The largest absolute Gasteiger partial charge is 0.468 e. The van der Waals surface area contributed by atoms with Gasteiger partial charge in [0.15, 0.2) is 0 Å². The third-order valence-corrected chi connectivity index (χ3v) is 6.74. The Morgan fingerprint density at radius 3 is 2.11 bits per heavy atom. The van der Waals surface area contributed by atoms with Crippen LogP contribution in [0, 0.1) is 0 Å². The van der Waals surface area contributed by atoms with Gasteiger partial charge in [-0.15, -0.1) is 0 Å². The van der Waals surface area contributed by atoms with Crippen LogP contribution in [0.1, 0.15) is 62.9 Å². The number of nitrogens with zero attached hydrogens (tertiary/aromatic N) is 5. The second-order valence-corrected chi connectivity index (χ2v) is 10.1. The molecule has 0 spiro atoms. The summed E-state index contributed by atoms with van der Waals surface area (Å²) in [6.45, 7) is 12.2. The van der Waals surface area contributed by atoms with Crippen molar-refractivity contribution in [2.45, 2.75) is 65.6 Å². The molecule has 0 saturated heterocycles. The number of imidazole rings is 1. The van der Waals surface area contributed by atoms with Crippen molar-refractivity contribution in [2.24, 2.45) is 4.99 Å². The maximum Gasteiger partial charge on any atom is 0.319 e. The van der Waals surface area contributed by atoms with Gasteiger partial charge < -0.3 is 14.6 Å². The van der Waals surface area contributed by atoms with Gasteiger partial charge >= 0.3 is 5.97 Å². The number of allylic oxidation sites excluding steroid dienone is 1. The fraction of sp³-hybridized carbons (Fsp3) is 0.567. The molecule has 0 radical (unpaired) electrons. The number of aromatic nitrogens is 2. The Bertz CT molecular complexity index is 981. The summed E-state index contributed by atoms with van der Waals surface area (Å²) < 4.78 is 4.97. The van der Waals surface area contributed by atoms with Crippen LogP contribution in [0.4, 0.5) is 0 Å². The number of aromatic amines is 1. The average Bonchev–Trinajstić information content (AvgIpc) is 3.62. The number of H-pyrrole nitrogens is 1. The van der Waals surface area contributed by atoms with Crippen LogP contribution in [0.15, 0.2) is 53.9 Å². The predicted octanol–water partition coefficient (Wildman–Crippen LogP) is 4.65. The molecular weight excluding hydrogens is 476 g/mol. The van der Waals surface area contributed by atoms with Crippen molar-refractivity contribution in [1.82, 2.24) is 24.7 Å². The van der Waals surface area contributed by atoms with E-state index in [4.69, 9.17) is 4.74 Å². The molecule has 2 heterocycles. The molecule has 208 valence electrons. The Hall–Kier alpha value is -2.81. The normalized spacial score (nSPS) is 13.2. The molecule has 8 heteroatoms. The molecule has 1 aliphatic heterocycles. The summed E-state index contributed by atoms with van der Waals surface area (Å²) in [5.74, 6) is 0.775. The first-order valence-electron chi connectivity index (χ1n) is 14.1. The number of carbonyl (C=O) groups is 1. The van der Waals surface area contributed by atoms with Gasteiger partial charge in [0.2, 0.25) is 0 Å². The molecule has 1 aromatic carbocycles. The van der Waals surface area contributed by atoms with E-state index in [1.807, 2.05) is 12.4 Å². The van der Waals surface area contributed by atoms with E-state index < -0.39 is 0 Å². The summed E-state index contributed by atoms with van der Waals surface area (Å²) in [6, 6.07) is 8.76. The van der Waals surface area contributed by atoms with Crippen LogP contribution in [-0.2, 0) is 29.2 Å². The molecule has 1 N–H and O–H groups in total. The number of carbonyl (C=O) groups excluding carboxylic acids is 1. The van der Waals surface area contributed by atoms with Gasteiger partial charge in [0.25, 0.3) is 0 Å². The Balaban J connectivity index is 1.54. The Kier molecular flexibility index (Phi) is 13.2. The number of methoxy groups -OCH3 is 1. The highest BCUT2D eigenvalue weighted by Crippen LogP contribution is 2.14. The van der Waals surface area contributed by atoms with Gasteiger partial charge in [0, 0.05) is 50.4 Å². The standard InChI is InChI=1S/C30H46N6O2/c1-4-17-34(18-5-2)19-6-7-20-35(25-30(37)38-3)21-26-10-12-27(13-11-26)22-36(23-28-9-8-14-31-28)24-29-32-15-16-33-29/h8,10-16H,4-7,9,17-25H2,1-3H3,(H,32,33). The molecule has 0 bridgehead atoms. The summed E-state index contributed by atoms with van der Waals surface area (Å²) >= 11 is 0. The van der Waals surface area contributed by atoms with Gasteiger partial charge in [-0.05, 0) is 63.0 Å². The Labute approximate surface area is 228 Å². The van der Waals surface area contributed by atoms with Gasteiger partial charge in [-0.2, -0.15) is 0 Å². The van der Waals surface area contributed by atoms with Crippen LogP contribution >= 0.6 is 0 Å². The van der Waals surface area contributed by atoms with Gasteiger partial charge in [-0.3, -0.25) is 19.6 Å². The summed E-state index contributed by atoms with van der Waals surface area (Å²) in [5.41, 5.74) is 3.63. The molecule has 8 nitrogen and oxygen atoms in total. The lowest BCUT2D eigenvalue weighted by Gasteiger charge is -2.24. The smallest absolute Gasteiger partial charge is 0.319 e. The quantitative estimate of drug-likeness (QED) is 0.214. The zero-order valence-corrected chi connectivity index (χ0v) is 23.6. The molecule has 0 aliphatic carbocycles. The van der Waals surface area contributed by atoms with E-state index in [-0.39, 0.29) is 5.97 Å². The number of benzene rings is 1. The van der Waals surface area contributed by atoms with Crippen molar-refractivity contribution in [2.75, 3.05) is 46.4 Å². The van der Waals surface area contributed by atoms with Gasteiger partial charge in [-0.25, -0.2) is 4.98 Å². The molecule has 0 unspecified atom stereocenters. The molecule has 0 amide bonds. The maximum absolute atomic E-state index is 12.1. The van der Waals surface area contributed by atoms with E-state index in [9.17, 15) is 4.79 Å². The van der Waals surface area contributed by atoms with Gasteiger partial charge in [0.05, 0.1) is 20.2 Å². The van der Waals surface area contributed by atoms with Gasteiger partial charge in [0.1, 0.15) is 5.82 Å². The van der Waals surface area contributed by atoms with Crippen LogP contribution in [0.2, 0.25) is 0 Å². The van der Waals surface area contributed by atoms with E-state index >= 15 is 0 Å². The third-order valence-electron chi connectivity index (χ3n) is 6.74. The number of hydrogen-bond donors (Lipinski definition) is 1. The first-order chi connectivity index (χ1) is 18.6. The van der Waals surface area contributed by atoms with E-state index in [0.717, 1.165) is 77.4 Å². The summed E-state index contributed by atoms with van der Waals surface area (Å²) in [5, 5.41) is 0. The second-order valence-electron chi connectivity index (χ2n) is 10.1. The highest BCUT2D eigenvalue weighted by Gasteiger charge is 2.15. The first-order valence-corrected chi connectivity index (χ1v) is 14.1. The van der Waals surface area contributed by atoms with Crippen molar-refractivity contribution in [3.63, 3.8) is 0 Å². The zero-order chi connectivity index (χ0) is 27.0. The van der Waals surface area contributed by atoms with E-state index in [2.05, 4.69) is 73.8 Å². The summed E-state index contributed by atoms with van der Waals surface area (Å²) in [6.07, 6.45) is 13.2. The van der Waals surface area contributed by atoms with Crippen molar-refractivity contribution >= 4 is 11.7 Å².